The molecule has 23 heavy (non-hydrogen) atoms. The first-order chi connectivity index (χ1) is 10.9. The van der Waals surface area contributed by atoms with E-state index in [1.807, 2.05) is 6.92 Å². The van der Waals surface area contributed by atoms with Gasteiger partial charge in [0.25, 0.3) is 0 Å². The van der Waals surface area contributed by atoms with Crippen LogP contribution in [0.15, 0.2) is 35.5 Å². The number of rotatable bonds is 8. The van der Waals surface area contributed by atoms with Gasteiger partial charge < -0.3 is 20.3 Å². The zero-order valence-corrected chi connectivity index (χ0v) is 13.0. The Hall–Kier alpha value is -2.83. The number of aliphatic carboxylic acids is 2. The molecule has 0 amide bonds. The van der Waals surface area contributed by atoms with Gasteiger partial charge in [-0.15, -0.1) is 0 Å². The van der Waals surface area contributed by atoms with E-state index < -0.39 is 17.9 Å². The van der Waals surface area contributed by atoms with Gasteiger partial charge >= 0.3 is 17.9 Å². The third kappa shape index (κ3) is 5.14. The van der Waals surface area contributed by atoms with E-state index in [1.54, 1.807) is 0 Å². The van der Waals surface area contributed by atoms with Gasteiger partial charge in [-0.3, -0.25) is 0 Å². The fraction of sp³-hybridized carbons (Fsp3) is 0.312. The van der Waals surface area contributed by atoms with Gasteiger partial charge in [-0.25, -0.2) is 14.4 Å². The van der Waals surface area contributed by atoms with Crippen molar-refractivity contribution in [2.24, 2.45) is 0 Å². The van der Waals surface area contributed by atoms with E-state index in [1.165, 1.54) is 31.4 Å². The molecule has 7 nitrogen and oxygen atoms in total. The summed E-state index contributed by atoms with van der Waals surface area (Å²) < 4.78 is 4.57. The van der Waals surface area contributed by atoms with Gasteiger partial charge in [-0.05, 0) is 37.1 Å². The van der Waals surface area contributed by atoms with Crippen LogP contribution in [-0.4, -0.2) is 35.2 Å². The number of nitrogens with one attached hydrogen (secondary N) is 1. The predicted octanol–water partition coefficient (Wildman–Crippen LogP) is 2.50. The molecule has 1 rings (SSSR count). The smallest absolute Gasteiger partial charge is 0.352 e. The first kappa shape index (κ1) is 18.2. The fourth-order valence-electron chi connectivity index (χ4n) is 1.90. The predicted molar refractivity (Wildman–Crippen MR) is 83.2 cm³/mol. The number of methoxy groups -OCH3 is 1. The third-order valence-corrected chi connectivity index (χ3v) is 3.13. The molecule has 0 bridgehead atoms. The number of ether oxygens (including phenoxy) is 1. The molecule has 0 aliphatic heterocycles. The Morgan fingerprint density at radius 3 is 2.13 bits per heavy atom. The lowest BCUT2D eigenvalue weighted by Crippen LogP contribution is -2.18. The fourth-order valence-corrected chi connectivity index (χ4v) is 1.90. The zero-order valence-electron chi connectivity index (χ0n) is 13.0. The zero-order chi connectivity index (χ0) is 17.4. The quantitative estimate of drug-likeness (QED) is 0.498. The first-order valence-corrected chi connectivity index (χ1v) is 7.05. The Morgan fingerprint density at radius 1 is 1.09 bits per heavy atom. The van der Waals surface area contributed by atoms with Crippen LogP contribution in [0.5, 0.6) is 0 Å². The number of carbonyl (C=O) groups excluding carboxylic acids is 1. The number of unbranched alkanes of at least 4 members (excludes halogenated alkanes) is 1. The minimum atomic E-state index is -1.35. The van der Waals surface area contributed by atoms with Crippen molar-refractivity contribution in [2.45, 2.75) is 26.2 Å². The van der Waals surface area contributed by atoms with Crippen molar-refractivity contribution in [2.75, 3.05) is 12.4 Å². The van der Waals surface area contributed by atoms with Gasteiger partial charge in [0, 0.05) is 5.69 Å². The standard InChI is InChI=1S/C16H19NO6/c1-3-4-5-12(14(18)19)13(15(20)21)17-11-8-6-10(7-9-11)16(22)23-2/h6-9,17H,3-5H2,1-2H3,(H,18,19)(H,20,21). The number of carboxylic acids is 2. The highest BCUT2D eigenvalue weighted by molar-refractivity contribution is 6.01. The van der Waals surface area contributed by atoms with Crippen LogP contribution >= 0.6 is 0 Å². The van der Waals surface area contributed by atoms with Crippen LogP contribution in [-0.2, 0) is 14.3 Å². The molecule has 0 heterocycles. The van der Waals surface area contributed by atoms with E-state index in [4.69, 9.17) is 0 Å². The number of benzene rings is 1. The van der Waals surface area contributed by atoms with E-state index in [0.717, 1.165) is 6.42 Å². The van der Waals surface area contributed by atoms with Gasteiger partial charge in [-0.1, -0.05) is 13.3 Å². The molecular formula is C16H19NO6. The summed E-state index contributed by atoms with van der Waals surface area (Å²) >= 11 is 0. The summed E-state index contributed by atoms with van der Waals surface area (Å²) in [4.78, 5) is 34.0. The summed E-state index contributed by atoms with van der Waals surface area (Å²) in [6, 6.07) is 5.88. The van der Waals surface area contributed by atoms with Gasteiger partial charge in [-0.2, -0.15) is 0 Å². The van der Waals surface area contributed by atoms with Gasteiger partial charge in [0.2, 0.25) is 0 Å². The lowest BCUT2D eigenvalue weighted by Gasteiger charge is -2.12. The Bertz CT molecular complexity index is 618. The Kier molecular flexibility index (Phi) is 6.79. The number of hydrogen-bond donors (Lipinski definition) is 3. The van der Waals surface area contributed by atoms with Gasteiger partial charge in [0.15, 0.2) is 0 Å². The van der Waals surface area contributed by atoms with Crippen LogP contribution in [0.4, 0.5) is 5.69 Å². The average Bonchev–Trinajstić information content (AvgIpc) is 2.53. The van der Waals surface area contributed by atoms with Crippen molar-refractivity contribution in [3.05, 3.63) is 41.1 Å². The summed E-state index contributed by atoms with van der Waals surface area (Å²) in [6.45, 7) is 1.89. The Morgan fingerprint density at radius 2 is 1.70 bits per heavy atom. The second kappa shape index (κ2) is 8.57. The third-order valence-electron chi connectivity index (χ3n) is 3.13. The molecule has 0 radical (unpaired) electrons. The molecule has 7 heteroatoms. The molecule has 1 aromatic carbocycles. The number of anilines is 1. The second-order valence-corrected chi connectivity index (χ2v) is 4.76. The van der Waals surface area contributed by atoms with E-state index in [0.29, 0.717) is 17.7 Å². The molecule has 0 unspecified atom stereocenters. The summed E-state index contributed by atoms with van der Waals surface area (Å²) in [5.41, 5.74) is 0.113. The molecule has 124 valence electrons. The normalized spacial score (nSPS) is 11.4. The lowest BCUT2D eigenvalue weighted by atomic mass is 10.1. The van der Waals surface area contributed by atoms with Crippen LogP contribution in [0.1, 0.15) is 36.5 Å². The van der Waals surface area contributed by atoms with Gasteiger partial charge in [0.1, 0.15) is 5.70 Å². The monoisotopic (exact) mass is 321 g/mol. The van der Waals surface area contributed by atoms with Crippen LogP contribution in [0, 0.1) is 0 Å². The molecule has 1 aromatic rings. The number of hydrogen-bond acceptors (Lipinski definition) is 5. The van der Waals surface area contributed by atoms with Crippen LogP contribution in [0.3, 0.4) is 0 Å². The van der Waals surface area contributed by atoms with E-state index >= 15 is 0 Å². The molecule has 0 aliphatic carbocycles. The summed E-state index contributed by atoms with van der Waals surface area (Å²) in [5, 5.41) is 21.1. The van der Waals surface area contributed by atoms with E-state index in [2.05, 4.69) is 10.1 Å². The molecule has 0 fully saturated rings. The molecule has 0 saturated carbocycles. The number of esters is 1. The highest BCUT2D eigenvalue weighted by Crippen LogP contribution is 2.18. The first-order valence-electron chi connectivity index (χ1n) is 7.05. The molecular weight excluding hydrogens is 302 g/mol. The van der Waals surface area contributed by atoms with Crippen LogP contribution < -0.4 is 5.32 Å². The minimum absolute atomic E-state index is 0.153. The van der Waals surface area contributed by atoms with Crippen molar-refractivity contribution in [1.82, 2.24) is 0 Å². The highest BCUT2D eigenvalue weighted by Gasteiger charge is 2.20. The molecule has 0 aromatic heterocycles. The molecule has 0 spiro atoms. The van der Waals surface area contributed by atoms with Crippen molar-refractivity contribution < 1.29 is 29.3 Å². The molecule has 0 saturated heterocycles. The van der Waals surface area contributed by atoms with E-state index in [-0.39, 0.29) is 17.7 Å². The Balaban J connectivity index is 3.09. The maximum Gasteiger partial charge on any atom is 0.352 e. The second-order valence-electron chi connectivity index (χ2n) is 4.76. The van der Waals surface area contributed by atoms with Gasteiger partial charge in [0.05, 0.1) is 18.2 Å². The lowest BCUT2D eigenvalue weighted by molar-refractivity contribution is -0.136. The van der Waals surface area contributed by atoms with Crippen LogP contribution in [0.2, 0.25) is 0 Å². The SMILES string of the molecule is CCCCC(C(=O)O)=C(Nc1ccc(C(=O)OC)cc1)C(=O)O. The topological polar surface area (TPSA) is 113 Å². The maximum atomic E-state index is 11.4. The molecule has 0 atom stereocenters. The number of carboxylic acid groups (broad SMARTS) is 2. The maximum absolute atomic E-state index is 11.4. The highest BCUT2D eigenvalue weighted by atomic mass is 16.5. The summed E-state index contributed by atoms with van der Waals surface area (Å²) in [7, 11) is 1.26. The molecule has 3 N–H and O–H groups in total. The van der Waals surface area contributed by atoms with Crippen molar-refractivity contribution >= 4 is 23.6 Å². The van der Waals surface area contributed by atoms with Crippen molar-refractivity contribution in [3.8, 4) is 0 Å². The minimum Gasteiger partial charge on any atom is -0.478 e. The summed E-state index contributed by atoms with van der Waals surface area (Å²) in [6.07, 6.45) is 1.47. The number of carbonyl (C=O) groups is 3. The summed E-state index contributed by atoms with van der Waals surface area (Å²) in [5.74, 6) is -3.13. The molecule has 0 aliphatic rings. The van der Waals surface area contributed by atoms with E-state index in [9.17, 15) is 24.6 Å². The largest absolute Gasteiger partial charge is 0.478 e. The van der Waals surface area contributed by atoms with Crippen LogP contribution in [0.25, 0.3) is 0 Å². The van der Waals surface area contributed by atoms with Crippen molar-refractivity contribution in [3.63, 3.8) is 0 Å². The Labute approximate surface area is 133 Å². The average molecular weight is 321 g/mol. The van der Waals surface area contributed by atoms with Crippen molar-refractivity contribution in [1.29, 1.82) is 0 Å².